The summed E-state index contributed by atoms with van der Waals surface area (Å²) in [6, 6.07) is 30.8. The molecule has 9 nitrogen and oxygen atoms in total. The van der Waals surface area contributed by atoms with Crippen LogP contribution in [0.2, 0.25) is 0 Å². The van der Waals surface area contributed by atoms with E-state index in [-0.39, 0.29) is 0 Å². The molecule has 10 rings (SSSR count). The Hall–Kier alpha value is -6.99. The van der Waals surface area contributed by atoms with Gasteiger partial charge in [-0.2, -0.15) is 0 Å². The Labute approximate surface area is 339 Å². The second kappa shape index (κ2) is 15.3. The zero-order valence-corrected chi connectivity index (χ0v) is 32.3. The summed E-state index contributed by atoms with van der Waals surface area (Å²) in [5, 5.41) is 2.54. The van der Waals surface area contributed by atoms with Gasteiger partial charge < -0.3 is 0 Å². The summed E-state index contributed by atoms with van der Waals surface area (Å²) in [6.45, 7) is 0. The van der Waals surface area contributed by atoms with Gasteiger partial charge >= 0.3 is 0 Å². The van der Waals surface area contributed by atoms with E-state index < -0.39 is 0 Å². The molecule has 1 aromatic carbocycles. The molecule has 0 radical (unpaired) electrons. The van der Waals surface area contributed by atoms with Crippen molar-refractivity contribution in [3.63, 3.8) is 0 Å². The molecule has 0 unspecified atom stereocenters. The predicted molar refractivity (Wildman–Crippen MR) is 229 cm³/mol. The maximum atomic E-state index is 4.82. The van der Waals surface area contributed by atoms with Crippen LogP contribution in [-0.4, -0.2) is 44.9 Å². The topological polar surface area (TPSA) is 116 Å². The van der Waals surface area contributed by atoms with E-state index in [1.54, 1.807) is 71.2 Å². The van der Waals surface area contributed by atoms with E-state index in [1.165, 1.54) is 0 Å². The Morgan fingerprint density at radius 3 is 0.825 bits per heavy atom. The molecule has 0 bridgehead atoms. The zero-order valence-electron chi connectivity index (χ0n) is 29.8. The van der Waals surface area contributed by atoms with Gasteiger partial charge in [-0.3, -0.25) is 29.9 Å². The van der Waals surface area contributed by atoms with Gasteiger partial charge in [-0.1, -0.05) is 18.2 Å². The van der Waals surface area contributed by atoms with Crippen molar-refractivity contribution in [1.82, 2.24) is 44.9 Å². The molecule has 0 amide bonds. The molecule has 57 heavy (non-hydrogen) atoms. The number of hydrogen-bond acceptors (Lipinski definition) is 12. The van der Waals surface area contributed by atoms with Crippen LogP contribution in [0.4, 0.5) is 0 Å². The second-order valence-corrected chi connectivity index (χ2v) is 16.0. The molecule has 0 fully saturated rings. The number of nitrogens with zero attached hydrogens (tertiary/aromatic N) is 9. The van der Waals surface area contributed by atoms with E-state index in [0.29, 0.717) is 0 Å². The average Bonchev–Trinajstić information content (AvgIpc) is 4.10. The van der Waals surface area contributed by atoms with Crippen molar-refractivity contribution in [3.05, 3.63) is 165 Å². The highest BCUT2D eigenvalue weighted by Crippen LogP contribution is 2.41. The lowest BCUT2D eigenvalue weighted by molar-refractivity contribution is 1.28. The summed E-state index contributed by atoms with van der Waals surface area (Å²) >= 11 is 4.85. The number of aromatic nitrogens is 9. The van der Waals surface area contributed by atoms with Crippen molar-refractivity contribution in [3.8, 4) is 96.8 Å². The summed E-state index contributed by atoms with van der Waals surface area (Å²) in [6.07, 6.45) is 22.2. The Kier molecular flexibility index (Phi) is 9.24. The van der Waals surface area contributed by atoms with Gasteiger partial charge in [-0.05, 0) is 106 Å². The Morgan fingerprint density at radius 1 is 0.263 bits per heavy atom. The Balaban J connectivity index is 0.989. The minimum atomic E-state index is 0.824. The first-order chi connectivity index (χ1) is 28.2. The van der Waals surface area contributed by atoms with Gasteiger partial charge in [0.05, 0.1) is 31.7 Å². The lowest BCUT2D eigenvalue weighted by Gasteiger charge is -2.07. The van der Waals surface area contributed by atoms with Crippen molar-refractivity contribution in [2.45, 2.75) is 0 Å². The molecule has 0 aliphatic heterocycles. The van der Waals surface area contributed by atoms with Crippen LogP contribution in [0.5, 0.6) is 0 Å². The minimum absolute atomic E-state index is 0.824. The molecule has 0 saturated carbocycles. The molecule has 10 aromatic rings. The molecule has 9 heterocycles. The van der Waals surface area contributed by atoms with E-state index in [0.717, 1.165) is 96.8 Å². The van der Waals surface area contributed by atoms with Crippen molar-refractivity contribution in [2.24, 2.45) is 0 Å². The monoisotopic (exact) mass is 789 g/mol. The average molecular weight is 790 g/mol. The highest BCUT2D eigenvalue weighted by Gasteiger charge is 2.17. The third-order valence-electron chi connectivity index (χ3n) is 9.29. The van der Waals surface area contributed by atoms with Gasteiger partial charge in [-0.25, -0.2) is 15.0 Å². The summed E-state index contributed by atoms with van der Waals surface area (Å²) in [4.78, 5) is 44.2. The largest absolute Gasteiger partial charge is 0.265 e. The van der Waals surface area contributed by atoms with E-state index in [9.17, 15) is 0 Å². The van der Waals surface area contributed by atoms with Gasteiger partial charge in [0.25, 0.3) is 0 Å². The van der Waals surface area contributed by atoms with Crippen molar-refractivity contribution < 1.29 is 0 Å². The first kappa shape index (κ1) is 34.5. The maximum Gasteiger partial charge on any atom is 0.142 e. The number of thiazole rings is 3. The van der Waals surface area contributed by atoms with Gasteiger partial charge in [0, 0.05) is 91.1 Å². The second-order valence-electron chi connectivity index (χ2n) is 12.9. The molecule has 12 heteroatoms. The van der Waals surface area contributed by atoms with E-state index in [1.807, 2.05) is 91.8 Å². The number of rotatable bonds is 9. The Morgan fingerprint density at radius 2 is 0.561 bits per heavy atom. The fourth-order valence-electron chi connectivity index (χ4n) is 6.34. The van der Waals surface area contributed by atoms with Gasteiger partial charge in [0.2, 0.25) is 0 Å². The molecular formula is C45H27N9S3. The minimum Gasteiger partial charge on any atom is -0.265 e. The van der Waals surface area contributed by atoms with E-state index in [4.69, 9.17) is 29.9 Å². The van der Waals surface area contributed by atoms with Gasteiger partial charge in [0.1, 0.15) is 15.0 Å². The molecule has 9 aromatic heterocycles. The van der Waals surface area contributed by atoms with Crippen LogP contribution in [-0.2, 0) is 0 Å². The smallest absolute Gasteiger partial charge is 0.142 e. The normalized spacial score (nSPS) is 11.2. The van der Waals surface area contributed by atoms with Gasteiger partial charge in [-0.15, -0.1) is 34.0 Å². The van der Waals surface area contributed by atoms with E-state index in [2.05, 4.69) is 51.4 Å². The standard InChI is InChI=1S/C45H27N9S3/c1-4-37(49-22-31(1)28-7-13-46-14-8-28)43-52-25-40(55-43)34-19-35(41-26-53-44(56-41)38-5-2-32(23-50-38)29-9-15-47-16-10-29)21-36(20-34)42-27-54-45(57-42)39-6-3-33(24-51-39)30-11-17-48-18-12-30/h1-27H. The molecular weight excluding hydrogens is 763 g/mol. The fraction of sp³-hybridized carbons (Fsp3) is 0. The summed E-state index contributed by atoms with van der Waals surface area (Å²) in [5.74, 6) is 0. The van der Waals surface area contributed by atoms with Crippen LogP contribution >= 0.6 is 34.0 Å². The highest BCUT2D eigenvalue weighted by molar-refractivity contribution is 7.19. The lowest BCUT2D eigenvalue weighted by atomic mass is 10.0. The van der Waals surface area contributed by atoms with Crippen LogP contribution in [0.1, 0.15) is 0 Å². The maximum absolute atomic E-state index is 4.82. The lowest BCUT2D eigenvalue weighted by Crippen LogP contribution is -1.84. The molecule has 0 spiro atoms. The van der Waals surface area contributed by atoms with Crippen LogP contribution < -0.4 is 0 Å². The predicted octanol–water partition coefficient (Wildman–Crippen LogP) is 11.4. The summed E-state index contributed by atoms with van der Waals surface area (Å²) in [7, 11) is 0. The SMILES string of the molecule is c1cc(-c2ccc(-c3ncc(-c4cc(-c5cnc(-c6ccc(-c7ccncc7)cn6)s5)cc(-c5cnc(-c6ccc(-c7ccncc7)cn6)s5)c4)s3)nc2)ccn1. The molecule has 0 aliphatic carbocycles. The molecule has 0 aliphatic rings. The van der Waals surface area contributed by atoms with Crippen LogP contribution in [0.15, 0.2) is 165 Å². The number of hydrogen-bond donors (Lipinski definition) is 0. The quantitative estimate of drug-likeness (QED) is 0.141. The zero-order chi connectivity index (χ0) is 38.0. The number of benzene rings is 1. The fourth-order valence-corrected chi connectivity index (χ4v) is 8.98. The van der Waals surface area contributed by atoms with Crippen molar-refractivity contribution >= 4 is 34.0 Å². The molecule has 0 atom stereocenters. The first-order valence-electron chi connectivity index (χ1n) is 17.8. The number of pyridine rings is 6. The van der Waals surface area contributed by atoms with Crippen molar-refractivity contribution in [2.75, 3.05) is 0 Å². The Bertz CT molecular complexity index is 2600. The van der Waals surface area contributed by atoms with Crippen LogP contribution in [0.25, 0.3) is 96.8 Å². The molecule has 0 N–H and O–H groups in total. The third-order valence-corrected chi connectivity index (χ3v) is 12.5. The molecule has 270 valence electrons. The van der Waals surface area contributed by atoms with Crippen LogP contribution in [0.3, 0.4) is 0 Å². The third kappa shape index (κ3) is 7.28. The van der Waals surface area contributed by atoms with E-state index >= 15 is 0 Å². The summed E-state index contributed by atoms with van der Waals surface area (Å²) in [5.41, 5.74) is 11.9. The van der Waals surface area contributed by atoms with Crippen molar-refractivity contribution in [1.29, 1.82) is 0 Å². The summed E-state index contributed by atoms with van der Waals surface area (Å²) < 4.78 is 0. The van der Waals surface area contributed by atoms with Gasteiger partial charge in [0.15, 0.2) is 0 Å². The highest BCUT2D eigenvalue weighted by atomic mass is 32.1. The molecule has 0 saturated heterocycles. The first-order valence-corrected chi connectivity index (χ1v) is 20.3. The van der Waals surface area contributed by atoms with Crippen LogP contribution in [0, 0.1) is 0 Å².